The van der Waals surface area contributed by atoms with Crippen LogP contribution in [0.25, 0.3) is 0 Å². The Morgan fingerprint density at radius 3 is 2.46 bits per heavy atom. The van der Waals surface area contributed by atoms with Crippen molar-refractivity contribution in [2.75, 3.05) is 38.7 Å². The van der Waals surface area contributed by atoms with E-state index in [1.54, 1.807) is 7.05 Å². The standard InChI is InChI=1S/C21H36N4O2S/c1-17-10-13-25(14-11-17)20(19-8-6-5-7-9-19)16-23-21(22-3)24-18(2)12-15-28(4,26)27/h5-9,17-18,20H,10-16H2,1-4H3,(H2,22,23,24). The van der Waals surface area contributed by atoms with E-state index in [2.05, 4.69) is 57.8 Å². The van der Waals surface area contributed by atoms with E-state index < -0.39 is 9.84 Å². The van der Waals surface area contributed by atoms with Crippen LogP contribution in [0.2, 0.25) is 0 Å². The van der Waals surface area contributed by atoms with Crippen molar-refractivity contribution < 1.29 is 8.42 Å². The van der Waals surface area contributed by atoms with Gasteiger partial charge in [0.2, 0.25) is 0 Å². The highest BCUT2D eigenvalue weighted by molar-refractivity contribution is 7.90. The Labute approximate surface area is 170 Å². The van der Waals surface area contributed by atoms with Crippen LogP contribution in [0.5, 0.6) is 0 Å². The molecule has 1 aliphatic rings. The normalized spacial score (nSPS) is 19.2. The van der Waals surface area contributed by atoms with E-state index in [9.17, 15) is 8.42 Å². The number of hydrogen-bond donors (Lipinski definition) is 2. The molecule has 0 saturated carbocycles. The van der Waals surface area contributed by atoms with Crippen molar-refractivity contribution in [1.82, 2.24) is 15.5 Å². The molecule has 1 aliphatic heterocycles. The molecule has 1 fully saturated rings. The Hall–Kier alpha value is -1.60. The molecule has 28 heavy (non-hydrogen) atoms. The maximum Gasteiger partial charge on any atom is 0.191 e. The van der Waals surface area contributed by atoms with Crippen molar-refractivity contribution >= 4 is 15.8 Å². The molecule has 0 bridgehead atoms. The van der Waals surface area contributed by atoms with E-state index in [1.165, 1.54) is 24.7 Å². The first-order valence-electron chi connectivity index (χ1n) is 10.2. The third-order valence-electron chi connectivity index (χ3n) is 5.43. The number of sulfone groups is 1. The summed E-state index contributed by atoms with van der Waals surface area (Å²) in [6, 6.07) is 10.9. The molecule has 2 N–H and O–H groups in total. The average Bonchev–Trinajstić information content (AvgIpc) is 2.67. The molecule has 6 nitrogen and oxygen atoms in total. The molecule has 0 spiro atoms. The fourth-order valence-electron chi connectivity index (χ4n) is 3.56. The first-order chi connectivity index (χ1) is 13.3. The Kier molecular flexibility index (Phi) is 8.76. The van der Waals surface area contributed by atoms with Gasteiger partial charge >= 0.3 is 0 Å². The van der Waals surface area contributed by atoms with Crippen LogP contribution in [0.3, 0.4) is 0 Å². The highest BCUT2D eigenvalue weighted by Crippen LogP contribution is 2.26. The quantitative estimate of drug-likeness (QED) is 0.511. The smallest absolute Gasteiger partial charge is 0.191 e. The van der Waals surface area contributed by atoms with Gasteiger partial charge in [0, 0.05) is 25.9 Å². The monoisotopic (exact) mass is 408 g/mol. The van der Waals surface area contributed by atoms with E-state index in [0.717, 1.165) is 25.6 Å². The largest absolute Gasteiger partial charge is 0.354 e. The maximum absolute atomic E-state index is 11.4. The van der Waals surface area contributed by atoms with Gasteiger partial charge in [0.05, 0.1) is 11.8 Å². The molecular formula is C21H36N4O2S. The van der Waals surface area contributed by atoms with Crippen molar-refractivity contribution in [2.45, 2.75) is 45.2 Å². The molecule has 7 heteroatoms. The van der Waals surface area contributed by atoms with Crippen LogP contribution in [0.1, 0.15) is 44.7 Å². The number of benzene rings is 1. The number of guanidine groups is 1. The maximum atomic E-state index is 11.4. The summed E-state index contributed by atoms with van der Waals surface area (Å²) in [6.07, 6.45) is 4.31. The number of piperidine rings is 1. The molecule has 0 radical (unpaired) electrons. The van der Waals surface area contributed by atoms with Gasteiger partial charge in [-0.25, -0.2) is 8.42 Å². The molecule has 0 amide bonds. The lowest BCUT2D eigenvalue weighted by molar-refractivity contribution is 0.138. The van der Waals surface area contributed by atoms with Gasteiger partial charge in [-0.3, -0.25) is 9.89 Å². The third-order valence-corrected chi connectivity index (χ3v) is 6.41. The summed E-state index contributed by atoms with van der Waals surface area (Å²) < 4.78 is 22.8. The molecule has 2 atom stereocenters. The van der Waals surface area contributed by atoms with E-state index in [1.807, 2.05) is 6.92 Å². The summed E-state index contributed by atoms with van der Waals surface area (Å²) in [5, 5.41) is 6.76. The van der Waals surface area contributed by atoms with Crippen LogP contribution in [0, 0.1) is 5.92 Å². The van der Waals surface area contributed by atoms with Gasteiger partial charge in [0.25, 0.3) is 0 Å². The molecule has 1 saturated heterocycles. The number of hydrogen-bond acceptors (Lipinski definition) is 4. The lowest BCUT2D eigenvalue weighted by Crippen LogP contribution is -2.47. The summed E-state index contributed by atoms with van der Waals surface area (Å²) in [7, 11) is -1.20. The molecule has 0 aromatic heterocycles. The molecule has 0 aliphatic carbocycles. The Morgan fingerprint density at radius 1 is 1.25 bits per heavy atom. The first-order valence-corrected chi connectivity index (χ1v) is 12.3. The highest BCUT2D eigenvalue weighted by Gasteiger charge is 2.24. The zero-order valence-electron chi connectivity index (χ0n) is 17.7. The topological polar surface area (TPSA) is 73.8 Å². The van der Waals surface area contributed by atoms with E-state index >= 15 is 0 Å². The van der Waals surface area contributed by atoms with Crippen LogP contribution in [0.15, 0.2) is 35.3 Å². The van der Waals surface area contributed by atoms with E-state index in [0.29, 0.717) is 18.4 Å². The van der Waals surface area contributed by atoms with Gasteiger partial charge in [0.1, 0.15) is 9.84 Å². The third kappa shape index (κ3) is 7.80. The minimum Gasteiger partial charge on any atom is -0.354 e. The predicted molar refractivity (Wildman–Crippen MR) is 117 cm³/mol. The Morgan fingerprint density at radius 2 is 1.89 bits per heavy atom. The molecule has 2 rings (SSSR count). The lowest BCUT2D eigenvalue weighted by Gasteiger charge is -2.37. The average molecular weight is 409 g/mol. The number of nitrogens with one attached hydrogen (secondary N) is 2. The predicted octanol–water partition coefficient (Wildman–Crippen LogP) is 2.45. The second kappa shape index (κ2) is 10.8. The zero-order valence-corrected chi connectivity index (χ0v) is 18.5. The fourth-order valence-corrected chi connectivity index (χ4v) is 4.34. The highest BCUT2D eigenvalue weighted by atomic mass is 32.2. The minimum atomic E-state index is -2.95. The Balaban J connectivity index is 1.97. The summed E-state index contributed by atoms with van der Waals surface area (Å²) in [5.74, 6) is 1.69. The summed E-state index contributed by atoms with van der Waals surface area (Å²) in [6.45, 7) is 7.30. The summed E-state index contributed by atoms with van der Waals surface area (Å²) >= 11 is 0. The zero-order chi connectivity index (χ0) is 20.6. The van der Waals surface area contributed by atoms with Crippen LogP contribution < -0.4 is 10.6 Å². The number of likely N-dealkylation sites (tertiary alicyclic amines) is 1. The molecule has 1 heterocycles. The molecule has 1 aromatic rings. The summed E-state index contributed by atoms with van der Waals surface area (Å²) in [4.78, 5) is 6.88. The van der Waals surface area contributed by atoms with Gasteiger partial charge in [-0.15, -0.1) is 0 Å². The van der Waals surface area contributed by atoms with Gasteiger partial charge in [0.15, 0.2) is 5.96 Å². The van der Waals surface area contributed by atoms with E-state index in [-0.39, 0.29) is 11.8 Å². The number of aliphatic imine (C=N–C) groups is 1. The summed E-state index contributed by atoms with van der Waals surface area (Å²) in [5.41, 5.74) is 1.31. The number of nitrogens with zero attached hydrogens (tertiary/aromatic N) is 2. The molecule has 1 aromatic carbocycles. The second-order valence-electron chi connectivity index (χ2n) is 8.06. The molecular weight excluding hydrogens is 372 g/mol. The molecule has 2 unspecified atom stereocenters. The van der Waals surface area contributed by atoms with Gasteiger partial charge in [-0.05, 0) is 50.8 Å². The van der Waals surface area contributed by atoms with Crippen LogP contribution in [0.4, 0.5) is 0 Å². The van der Waals surface area contributed by atoms with Crippen molar-refractivity contribution in [3.05, 3.63) is 35.9 Å². The minimum absolute atomic E-state index is 0.0342. The van der Waals surface area contributed by atoms with Crippen LogP contribution in [-0.2, 0) is 9.84 Å². The lowest BCUT2D eigenvalue weighted by atomic mass is 9.95. The second-order valence-corrected chi connectivity index (χ2v) is 10.3. The van der Waals surface area contributed by atoms with Crippen molar-refractivity contribution in [3.8, 4) is 0 Å². The van der Waals surface area contributed by atoms with Gasteiger partial charge in [-0.2, -0.15) is 0 Å². The fraction of sp³-hybridized carbons (Fsp3) is 0.667. The SMILES string of the molecule is CN=C(NCC(c1ccccc1)N1CCC(C)CC1)NC(C)CCS(C)(=O)=O. The van der Waals surface area contributed by atoms with Crippen molar-refractivity contribution in [1.29, 1.82) is 0 Å². The van der Waals surface area contributed by atoms with Gasteiger partial charge in [-0.1, -0.05) is 37.3 Å². The number of rotatable bonds is 8. The van der Waals surface area contributed by atoms with Crippen LogP contribution >= 0.6 is 0 Å². The van der Waals surface area contributed by atoms with E-state index in [4.69, 9.17) is 0 Å². The van der Waals surface area contributed by atoms with Crippen molar-refractivity contribution in [2.24, 2.45) is 10.9 Å². The molecule has 158 valence electrons. The van der Waals surface area contributed by atoms with Crippen molar-refractivity contribution in [3.63, 3.8) is 0 Å². The first kappa shape index (κ1) is 22.7. The van der Waals surface area contributed by atoms with Gasteiger partial charge < -0.3 is 10.6 Å². The Bertz CT molecular complexity index is 713. The van der Waals surface area contributed by atoms with Crippen LogP contribution in [-0.4, -0.2) is 64.0 Å².